The summed E-state index contributed by atoms with van der Waals surface area (Å²) in [5.74, 6) is -0.683. The van der Waals surface area contributed by atoms with Crippen LogP contribution in [0.15, 0.2) is 24.3 Å². The first-order chi connectivity index (χ1) is 11.8. The fraction of sp³-hybridized carbons (Fsp3) is 0.529. The molecule has 0 saturated carbocycles. The number of carbonyl (C=O) groups is 2. The number of hydrogen-bond donors (Lipinski definition) is 1. The van der Waals surface area contributed by atoms with Gasteiger partial charge in [-0.25, -0.2) is 0 Å². The Balaban J connectivity index is 2.00. The van der Waals surface area contributed by atoms with Gasteiger partial charge in [0, 0.05) is 33.2 Å². The van der Waals surface area contributed by atoms with Crippen LogP contribution in [-0.4, -0.2) is 43.5 Å². The average Bonchev–Trinajstić information content (AvgIpc) is 2.56. The van der Waals surface area contributed by atoms with Gasteiger partial charge in [-0.3, -0.25) is 9.59 Å². The van der Waals surface area contributed by atoms with Crippen molar-refractivity contribution in [1.82, 2.24) is 10.2 Å². The molecule has 1 aromatic rings. The van der Waals surface area contributed by atoms with E-state index in [4.69, 9.17) is 4.74 Å². The predicted octanol–water partition coefficient (Wildman–Crippen LogP) is 2.21. The first-order valence-corrected chi connectivity index (χ1v) is 8.02. The quantitative estimate of drug-likeness (QED) is 0.794. The summed E-state index contributed by atoms with van der Waals surface area (Å²) in [5.41, 5.74) is -0.355. The van der Waals surface area contributed by atoms with Gasteiger partial charge >= 0.3 is 6.18 Å². The Morgan fingerprint density at radius 2 is 2.16 bits per heavy atom. The highest BCUT2D eigenvalue weighted by Crippen LogP contribution is 2.30. The molecule has 2 amide bonds. The minimum absolute atomic E-state index is 0.0601. The molecule has 1 unspecified atom stereocenters. The van der Waals surface area contributed by atoms with Crippen molar-refractivity contribution in [3.05, 3.63) is 35.4 Å². The highest BCUT2D eigenvalue weighted by molar-refractivity contribution is 5.83. The van der Waals surface area contributed by atoms with E-state index in [2.05, 4.69) is 5.32 Å². The molecule has 0 aliphatic carbocycles. The number of benzene rings is 1. The number of hydrogen-bond acceptors (Lipinski definition) is 3. The van der Waals surface area contributed by atoms with Gasteiger partial charge < -0.3 is 15.0 Å². The second kappa shape index (κ2) is 8.33. The first-order valence-electron chi connectivity index (χ1n) is 8.02. The molecule has 0 aromatic heterocycles. The Bertz CT molecular complexity index is 619. The van der Waals surface area contributed by atoms with Gasteiger partial charge in [-0.2, -0.15) is 13.2 Å². The molecule has 5 nitrogen and oxygen atoms in total. The minimum atomic E-state index is -4.42. The highest BCUT2D eigenvalue weighted by Gasteiger charge is 2.32. The number of amides is 2. The molecule has 138 valence electrons. The molecule has 0 bridgehead atoms. The summed E-state index contributed by atoms with van der Waals surface area (Å²) in [4.78, 5) is 25.6. The molecule has 25 heavy (non-hydrogen) atoms. The van der Waals surface area contributed by atoms with E-state index in [0.717, 1.165) is 12.1 Å². The third-order valence-electron chi connectivity index (χ3n) is 4.10. The Morgan fingerprint density at radius 1 is 1.40 bits per heavy atom. The third kappa shape index (κ3) is 5.45. The van der Waals surface area contributed by atoms with Crippen LogP contribution in [-0.2, 0) is 27.0 Å². The number of nitrogens with one attached hydrogen (secondary N) is 1. The summed E-state index contributed by atoms with van der Waals surface area (Å²) in [6.45, 7) is 1.04. The van der Waals surface area contributed by atoms with Crippen LogP contribution in [0.2, 0.25) is 0 Å². The lowest BCUT2D eigenvalue weighted by Crippen LogP contribution is -2.45. The number of rotatable bonds is 6. The highest BCUT2D eigenvalue weighted by atomic mass is 19.4. The Labute approximate surface area is 144 Å². The first kappa shape index (κ1) is 19.2. The number of likely N-dealkylation sites (tertiary alicyclic amines) is 1. The molecule has 0 spiro atoms. The van der Waals surface area contributed by atoms with Crippen LogP contribution in [0.4, 0.5) is 13.2 Å². The Kier molecular flexibility index (Phi) is 6.41. The lowest BCUT2D eigenvalue weighted by molar-refractivity contribution is -0.139. The second-order valence-corrected chi connectivity index (χ2v) is 5.99. The lowest BCUT2D eigenvalue weighted by Gasteiger charge is -2.32. The number of piperidine rings is 1. The predicted molar refractivity (Wildman–Crippen MR) is 84.5 cm³/mol. The minimum Gasteiger partial charge on any atom is -0.383 e. The molecule has 1 saturated heterocycles. The number of methoxy groups -OCH3 is 1. The maximum Gasteiger partial charge on any atom is 0.416 e. The monoisotopic (exact) mass is 358 g/mol. The van der Waals surface area contributed by atoms with Crippen LogP contribution in [0.3, 0.4) is 0 Å². The summed E-state index contributed by atoms with van der Waals surface area (Å²) in [6.07, 6.45) is -3.77. The molecule has 1 atom stereocenters. The van der Waals surface area contributed by atoms with Crippen LogP contribution in [0.1, 0.15) is 24.0 Å². The maximum atomic E-state index is 12.8. The molecule has 0 radical (unpaired) electrons. The fourth-order valence-corrected chi connectivity index (χ4v) is 2.77. The van der Waals surface area contributed by atoms with E-state index in [1.54, 1.807) is 6.07 Å². The van der Waals surface area contributed by atoms with Crippen LogP contribution in [0.25, 0.3) is 0 Å². The fourth-order valence-electron chi connectivity index (χ4n) is 2.77. The maximum absolute atomic E-state index is 12.8. The number of carbonyl (C=O) groups excluding carboxylic acids is 2. The van der Waals surface area contributed by atoms with Crippen molar-refractivity contribution in [3.8, 4) is 0 Å². The zero-order valence-corrected chi connectivity index (χ0v) is 13.9. The van der Waals surface area contributed by atoms with E-state index in [0.29, 0.717) is 25.1 Å². The van der Waals surface area contributed by atoms with E-state index >= 15 is 0 Å². The van der Waals surface area contributed by atoms with Crippen molar-refractivity contribution in [2.24, 2.45) is 5.92 Å². The van der Waals surface area contributed by atoms with E-state index in [1.807, 2.05) is 0 Å². The van der Waals surface area contributed by atoms with Crippen molar-refractivity contribution in [3.63, 3.8) is 0 Å². The molecule has 1 aliphatic rings. The third-order valence-corrected chi connectivity index (χ3v) is 4.10. The smallest absolute Gasteiger partial charge is 0.383 e. The topological polar surface area (TPSA) is 58.6 Å². The van der Waals surface area contributed by atoms with E-state index in [-0.39, 0.29) is 37.2 Å². The summed E-state index contributed by atoms with van der Waals surface area (Å²) in [6, 6.07) is 4.90. The molecule has 1 aromatic carbocycles. The van der Waals surface area contributed by atoms with Crippen LogP contribution >= 0.6 is 0 Å². The van der Waals surface area contributed by atoms with Crippen molar-refractivity contribution in [2.75, 3.05) is 26.8 Å². The molecule has 1 fully saturated rings. The number of nitrogens with zero attached hydrogens (tertiary/aromatic N) is 1. The summed E-state index contributed by atoms with van der Waals surface area (Å²) < 4.78 is 43.2. The number of ether oxygens (including phenoxy) is 1. The molecule has 2 rings (SSSR count). The van der Waals surface area contributed by atoms with Crippen LogP contribution in [0.5, 0.6) is 0 Å². The second-order valence-electron chi connectivity index (χ2n) is 5.99. The normalized spacial score (nSPS) is 18.3. The SMILES string of the molecule is COCCNC(=O)C1CCC(=O)N(Cc2cccc(C(F)(F)F)c2)C1. The molecule has 1 heterocycles. The van der Waals surface area contributed by atoms with Gasteiger partial charge in [-0.1, -0.05) is 12.1 Å². The van der Waals surface area contributed by atoms with Gasteiger partial charge in [0.25, 0.3) is 0 Å². The molecule has 1 N–H and O–H groups in total. The van der Waals surface area contributed by atoms with Gasteiger partial charge in [0.1, 0.15) is 0 Å². The zero-order chi connectivity index (χ0) is 18.4. The van der Waals surface area contributed by atoms with Gasteiger partial charge in [-0.15, -0.1) is 0 Å². The van der Waals surface area contributed by atoms with Gasteiger partial charge in [0.15, 0.2) is 0 Å². The summed E-state index contributed by atoms with van der Waals surface area (Å²) >= 11 is 0. The Morgan fingerprint density at radius 3 is 2.84 bits per heavy atom. The molecular weight excluding hydrogens is 337 g/mol. The standard InChI is InChI=1S/C17H21F3N2O3/c1-25-8-7-21-16(24)13-5-6-15(23)22(11-13)10-12-3-2-4-14(9-12)17(18,19)20/h2-4,9,13H,5-8,10-11H2,1H3,(H,21,24). The van der Waals surface area contributed by atoms with E-state index in [9.17, 15) is 22.8 Å². The summed E-state index contributed by atoms with van der Waals surface area (Å²) in [7, 11) is 1.53. The number of alkyl halides is 3. The average molecular weight is 358 g/mol. The van der Waals surface area contributed by atoms with Crippen LogP contribution in [0, 0.1) is 5.92 Å². The van der Waals surface area contributed by atoms with Crippen molar-refractivity contribution in [1.29, 1.82) is 0 Å². The van der Waals surface area contributed by atoms with E-state index in [1.165, 1.54) is 18.1 Å². The zero-order valence-electron chi connectivity index (χ0n) is 13.9. The molecular formula is C17H21F3N2O3. The van der Waals surface area contributed by atoms with Crippen molar-refractivity contribution < 1.29 is 27.5 Å². The largest absolute Gasteiger partial charge is 0.416 e. The van der Waals surface area contributed by atoms with Crippen LogP contribution < -0.4 is 5.32 Å². The van der Waals surface area contributed by atoms with Gasteiger partial charge in [0.05, 0.1) is 18.1 Å². The van der Waals surface area contributed by atoms with Gasteiger partial charge in [-0.05, 0) is 24.1 Å². The molecule has 1 aliphatic heterocycles. The Hall–Kier alpha value is -2.09. The molecule has 8 heteroatoms. The van der Waals surface area contributed by atoms with Crippen molar-refractivity contribution in [2.45, 2.75) is 25.6 Å². The van der Waals surface area contributed by atoms with E-state index < -0.39 is 11.7 Å². The van der Waals surface area contributed by atoms with Crippen molar-refractivity contribution >= 4 is 11.8 Å². The van der Waals surface area contributed by atoms with Gasteiger partial charge in [0.2, 0.25) is 11.8 Å². The lowest BCUT2D eigenvalue weighted by atomic mass is 9.96. The number of halogens is 3. The summed E-state index contributed by atoms with van der Waals surface area (Å²) in [5, 5.41) is 2.73.